The summed E-state index contributed by atoms with van der Waals surface area (Å²) < 4.78 is 4.79. The van der Waals surface area contributed by atoms with E-state index in [-0.39, 0.29) is 24.5 Å². The molecule has 1 saturated carbocycles. The van der Waals surface area contributed by atoms with Crippen molar-refractivity contribution in [2.75, 3.05) is 19.0 Å². The second kappa shape index (κ2) is 7.78. The first-order valence-corrected chi connectivity index (χ1v) is 7.39. The van der Waals surface area contributed by atoms with Crippen LogP contribution < -0.4 is 10.6 Å². The van der Waals surface area contributed by atoms with E-state index in [0.29, 0.717) is 11.3 Å². The molecule has 0 radical (unpaired) electrons. The van der Waals surface area contributed by atoms with E-state index in [2.05, 4.69) is 10.6 Å². The van der Waals surface area contributed by atoms with Crippen LogP contribution in [0.5, 0.6) is 0 Å². The van der Waals surface area contributed by atoms with Gasteiger partial charge in [0.2, 0.25) is 5.91 Å². The zero-order valence-corrected chi connectivity index (χ0v) is 12.4. The van der Waals surface area contributed by atoms with Gasteiger partial charge in [-0.1, -0.05) is 31.4 Å². The van der Waals surface area contributed by atoms with Gasteiger partial charge in [-0.3, -0.25) is 9.59 Å². The second-order valence-corrected chi connectivity index (χ2v) is 5.34. The smallest absolute Gasteiger partial charge is 0.253 e. The highest BCUT2D eigenvalue weighted by Gasteiger charge is 2.18. The first kappa shape index (κ1) is 15.5. The molecule has 21 heavy (non-hydrogen) atoms. The molecule has 1 aliphatic carbocycles. The lowest BCUT2D eigenvalue weighted by atomic mass is 9.95. The second-order valence-electron chi connectivity index (χ2n) is 5.34. The Morgan fingerprint density at radius 1 is 1.19 bits per heavy atom. The molecule has 0 atom stereocenters. The molecule has 5 nitrogen and oxygen atoms in total. The van der Waals surface area contributed by atoms with Gasteiger partial charge in [0.25, 0.3) is 5.91 Å². The predicted molar refractivity (Wildman–Crippen MR) is 81.3 cm³/mol. The van der Waals surface area contributed by atoms with Crippen molar-refractivity contribution in [1.82, 2.24) is 5.32 Å². The molecular formula is C16H22N2O3. The first-order valence-electron chi connectivity index (χ1n) is 7.39. The maximum Gasteiger partial charge on any atom is 0.253 e. The third-order valence-electron chi connectivity index (χ3n) is 3.66. The standard InChI is InChI=1S/C16H22N2O3/c1-21-11-15(19)18-14-10-6-5-9-13(14)16(20)17-12-7-3-2-4-8-12/h5-6,9-10,12H,2-4,7-8,11H2,1H3,(H,17,20)(H,18,19). The molecule has 5 heteroatoms. The number of carbonyl (C=O) groups excluding carboxylic acids is 2. The van der Waals surface area contributed by atoms with Crippen molar-refractivity contribution in [3.63, 3.8) is 0 Å². The Labute approximate surface area is 125 Å². The summed E-state index contributed by atoms with van der Waals surface area (Å²) in [6.07, 6.45) is 5.64. The lowest BCUT2D eigenvalue weighted by Crippen LogP contribution is -2.36. The molecule has 0 heterocycles. The fraction of sp³-hybridized carbons (Fsp3) is 0.500. The molecule has 0 aromatic heterocycles. The van der Waals surface area contributed by atoms with Crippen LogP contribution in [-0.4, -0.2) is 31.6 Å². The van der Waals surface area contributed by atoms with Crippen LogP contribution in [-0.2, 0) is 9.53 Å². The van der Waals surface area contributed by atoms with E-state index in [1.807, 2.05) is 0 Å². The Bertz CT molecular complexity index is 496. The molecule has 1 aliphatic rings. The Balaban J connectivity index is 2.03. The first-order chi connectivity index (χ1) is 10.2. The van der Waals surface area contributed by atoms with Gasteiger partial charge in [0, 0.05) is 13.2 Å². The van der Waals surface area contributed by atoms with Crippen LogP contribution in [0.3, 0.4) is 0 Å². The largest absolute Gasteiger partial charge is 0.375 e. The fourth-order valence-corrected chi connectivity index (χ4v) is 2.62. The summed E-state index contributed by atoms with van der Waals surface area (Å²) in [6.45, 7) is -0.0292. The lowest BCUT2D eigenvalue weighted by Gasteiger charge is -2.23. The molecule has 1 aromatic rings. The number of amides is 2. The van der Waals surface area contributed by atoms with Crippen LogP contribution in [0.25, 0.3) is 0 Å². The highest BCUT2D eigenvalue weighted by Crippen LogP contribution is 2.20. The lowest BCUT2D eigenvalue weighted by molar-refractivity contribution is -0.119. The van der Waals surface area contributed by atoms with Gasteiger partial charge in [-0.25, -0.2) is 0 Å². The van der Waals surface area contributed by atoms with E-state index in [1.165, 1.54) is 13.5 Å². The molecular weight excluding hydrogens is 268 g/mol. The summed E-state index contributed by atoms with van der Waals surface area (Å²) in [5, 5.41) is 5.76. The minimum absolute atomic E-state index is 0.0292. The van der Waals surface area contributed by atoms with Crippen molar-refractivity contribution in [2.45, 2.75) is 38.1 Å². The van der Waals surface area contributed by atoms with Gasteiger partial charge in [0.1, 0.15) is 6.61 Å². The maximum absolute atomic E-state index is 12.4. The highest BCUT2D eigenvalue weighted by molar-refractivity contribution is 6.04. The number of nitrogens with one attached hydrogen (secondary N) is 2. The number of methoxy groups -OCH3 is 1. The molecule has 1 aromatic carbocycles. The highest BCUT2D eigenvalue weighted by atomic mass is 16.5. The molecule has 2 amide bonds. The zero-order valence-electron chi connectivity index (χ0n) is 12.4. The average molecular weight is 290 g/mol. The van der Waals surface area contributed by atoms with E-state index in [0.717, 1.165) is 25.7 Å². The van der Waals surface area contributed by atoms with Gasteiger partial charge >= 0.3 is 0 Å². The summed E-state index contributed by atoms with van der Waals surface area (Å²) in [7, 11) is 1.46. The van der Waals surface area contributed by atoms with Crippen molar-refractivity contribution >= 4 is 17.5 Å². The Morgan fingerprint density at radius 3 is 2.62 bits per heavy atom. The fourth-order valence-electron chi connectivity index (χ4n) is 2.62. The van der Waals surface area contributed by atoms with Gasteiger partial charge in [-0.15, -0.1) is 0 Å². The van der Waals surface area contributed by atoms with Gasteiger partial charge in [0.15, 0.2) is 0 Å². The number of rotatable bonds is 5. The Morgan fingerprint density at radius 2 is 1.90 bits per heavy atom. The number of ether oxygens (including phenoxy) is 1. The number of hydrogen-bond acceptors (Lipinski definition) is 3. The molecule has 0 spiro atoms. The van der Waals surface area contributed by atoms with Crippen molar-refractivity contribution < 1.29 is 14.3 Å². The van der Waals surface area contributed by atoms with Crippen molar-refractivity contribution in [1.29, 1.82) is 0 Å². The molecule has 0 unspecified atom stereocenters. The zero-order chi connectivity index (χ0) is 15.1. The summed E-state index contributed by atoms with van der Waals surface area (Å²) in [5.41, 5.74) is 1.01. The van der Waals surface area contributed by atoms with E-state index in [4.69, 9.17) is 4.74 Å². The van der Waals surface area contributed by atoms with Crippen LogP contribution in [0.15, 0.2) is 24.3 Å². The minimum Gasteiger partial charge on any atom is -0.375 e. The van der Waals surface area contributed by atoms with Gasteiger partial charge < -0.3 is 15.4 Å². The van der Waals surface area contributed by atoms with Crippen molar-refractivity contribution in [3.8, 4) is 0 Å². The molecule has 114 valence electrons. The predicted octanol–water partition coefficient (Wildman–Crippen LogP) is 2.33. The molecule has 0 saturated heterocycles. The molecule has 1 fully saturated rings. The van der Waals surface area contributed by atoms with Crippen LogP contribution in [0.1, 0.15) is 42.5 Å². The summed E-state index contributed by atoms with van der Waals surface area (Å²) in [4.78, 5) is 24.0. The summed E-state index contributed by atoms with van der Waals surface area (Å²) in [5.74, 6) is -0.398. The maximum atomic E-state index is 12.4. The van der Waals surface area contributed by atoms with Crippen LogP contribution in [0, 0.1) is 0 Å². The quantitative estimate of drug-likeness (QED) is 0.874. The van der Waals surface area contributed by atoms with Gasteiger partial charge in [-0.2, -0.15) is 0 Å². The Hall–Kier alpha value is -1.88. The summed E-state index contributed by atoms with van der Waals surface area (Å²) >= 11 is 0. The number of hydrogen-bond donors (Lipinski definition) is 2. The number of benzene rings is 1. The normalized spacial score (nSPS) is 15.5. The molecule has 0 aliphatic heterocycles. The number of para-hydroxylation sites is 1. The van der Waals surface area contributed by atoms with E-state index in [1.54, 1.807) is 24.3 Å². The molecule has 2 rings (SSSR count). The average Bonchev–Trinajstić information content (AvgIpc) is 2.49. The molecule has 0 bridgehead atoms. The van der Waals surface area contributed by atoms with E-state index in [9.17, 15) is 9.59 Å². The number of anilines is 1. The topological polar surface area (TPSA) is 67.4 Å². The van der Waals surface area contributed by atoms with Gasteiger partial charge in [-0.05, 0) is 25.0 Å². The third kappa shape index (κ3) is 4.56. The number of carbonyl (C=O) groups is 2. The third-order valence-corrected chi connectivity index (χ3v) is 3.66. The monoisotopic (exact) mass is 290 g/mol. The van der Waals surface area contributed by atoms with Crippen LogP contribution in [0.2, 0.25) is 0 Å². The van der Waals surface area contributed by atoms with E-state index >= 15 is 0 Å². The summed E-state index contributed by atoms with van der Waals surface area (Å²) in [6, 6.07) is 7.28. The van der Waals surface area contributed by atoms with Crippen molar-refractivity contribution in [2.24, 2.45) is 0 Å². The van der Waals surface area contributed by atoms with Crippen LogP contribution >= 0.6 is 0 Å². The minimum atomic E-state index is -0.268. The molecule has 2 N–H and O–H groups in total. The van der Waals surface area contributed by atoms with E-state index < -0.39 is 0 Å². The van der Waals surface area contributed by atoms with Crippen LogP contribution in [0.4, 0.5) is 5.69 Å². The van der Waals surface area contributed by atoms with Crippen molar-refractivity contribution in [3.05, 3.63) is 29.8 Å². The Kier molecular flexibility index (Phi) is 5.75. The van der Waals surface area contributed by atoms with Gasteiger partial charge in [0.05, 0.1) is 11.3 Å². The SMILES string of the molecule is COCC(=O)Nc1ccccc1C(=O)NC1CCCCC1.